The maximum atomic E-state index is 6.21. The lowest BCUT2D eigenvalue weighted by Crippen LogP contribution is -2.12. The Morgan fingerprint density at radius 2 is 1.52 bits per heavy atom. The highest BCUT2D eigenvalue weighted by Crippen LogP contribution is 2.30. The number of rotatable bonds is 8. The molecule has 3 rings (SSSR count). The molecular formula is C23H24Cl3NO2. The summed E-state index contributed by atoms with van der Waals surface area (Å²) in [6, 6.07) is 19.8. The number of nitrogens with one attached hydrogen (secondary N) is 1. The van der Waals surface area contributed by atoms with Crippen LogP contribution in [0, 0.1) is 6.92 Å². The molecule has 1 N–H and O–H groups in total. The van der Waals surface area contributed by atoms with E-state index in [1.807, 2.05) is 24.3 Å². The van der Waals surface area contributed by atoms with Crippen LogP contribution in [0.3, 0.4) is 0 Å². The second-order valence-corrected chi connectivity index (χ2v) is 7.44. The molecular weight excluding hydrogens is 429 g/mol. The third-order valence-corrected chi connectivity index (χ3v) is 4.99. The number of methoxy groups -OCH3 is 1. The molecule has 0 aliphatic carbocycles. The Morgan fingerprint density at radius 1 is 0.828 bits per heavy atom. The Hall–Kier alpha value is -1.91. The molecule has 0 aliphatic rings. The molecule has 3 aromatic rings. The maximum Gasteiger partial charge on any atom is 0.161 e. The molecule has 0 aliphatic heterocycles. The number of halogens is 3. The van der Waals surface area contributed by atoms with Crippen LogP contribution in [0.15, 0.2) is 60.7 Å². The number of aryl methyl sites for hydroxylation is 1. The van der Waals surface area contributed by atoms with Gasteiger partial charge in [0, 0.05) is 28.7 Å². The summed E-state index contributed by atoms with van der Waals surface area (Å²) in [6.45, 7) is 3.99. The Labute approximate surface area is 188 Å². The highest BCUT2D eigenvalue weighted by molar-refractivity contribution is 6.35. The van der Waals surface area contributed by atoms with Crippen molar-refractivity contribution in [2.45, 2.75) is 26.6 Å². The van der Waals surface area contributed by atoms with Crippen molar-refractivity contribution in [2.24, 2.45) is 0 Å². The summed E-state index contributed by atoms with van der Waals surface area (Å²) in [6.07, 6.45) is 0. The van der Waals surface area contributed by atoms with Crippen molar-refractivity contribution >= 4 is 35.6 Å². The summed E-state index contributed by atoms with van der Waals surface area (Å²) >= 11 is 12.1. The fourth-order valence-electron chi connectivity index (χ4n) is 2.79. The molecule has 0 fully saturated rings. The standard InChI is InChI=1S/C23H23Cl2NO2.ClH/c1-16-3-5-17(6-4-16)13-26-14-18-7-10-22(23(11-18)27-2)28-15-19-8-9-20(24)12-21(19)25;/h3-12,26H,13-15H2,1-2H3;1H. The SMILES string of the molecule is COc1cc(CNCc2ccc(C)cc2)ccc1OCc1ccc(Cl)cc1Cl.Cl. The fraction of sp³-hybridized carbons (Fsp3) is 0.217. The first-order valence-electron chi connectivity index (χ1n) is 9.05. The second kappa shape index (κ2) is 11.3. The first kappa shape index (κ1) is 23.4. The van der Waals surface area contributed by atoms with Crippen LogP contribution in [0.5, 0.6) is 11.5 Å². The molecule has 0 aromatic heterocycles. The topological polar surface area (TPSA) is 30.5 Å². The van der Waals surface area contributed by atoms with Gasteiger partial charge in [0.2, 0.25) is 0 Å². The van der Waals surface area contributed by atoms with Gasteiger partial charge in [-0.1, -0.05) is 65.2 Å². The van der Waals surface area contributed by atoms with Gasteiger partial charge in [-0.05, 0) is 42.3 Å². The number of hydrogen-bond donors (Lipinski definition) is 1. The molecule has 0 saturated carbocycles. The van der Waals surface area contributed by atoms with Gasteiger partial charge in [-0.2, -0.15) is 0 Å². The molecule has 0 bridgehead atoms. The third kappa shape index (κ3) is 6.83. The molecule has 0 radical (unpaired) electrons. The normalized spacial score (nSPS) is 10.3. The van der Waals surface area contributed by atoms with Crippen LogP contribution in [-0.2, 0) is 19.7 Å². The van der Waals surface area contributed by atoms with Gasteiger partial charge in [0.25, 0.3) is 0 Å². The smallest absolute Gasteiger partial charge is 0.161 e. The summed E-state index contributed by atoms with van der Waals surface area (Å²) in [4.78, 5) is 0. The average Bonchev–Trinajstić information content (AvgIpc) is 2.69. The molecule has 0 atom stereocenters. The fourth-order valence-corrected chi connectivity index (χ4v) is 3.26. The van der Waals surface area contributed by atoms with Gasteiger partial charge in [0.1, 0.15) is 6.61 Å². The van der Waals surface area contributed by atoms with E-state index in [4.69, 9.17) is 32.7 Å². The Balaban J connectivity index is 0.00000300. The monoisotopic (exact) mass is 451 g/mol. The quantitative estimate of drug-likeness (QED) is 0.417. The lowest BCUT2D eigenvalue weighted by molar-refractivity contribution is 0.284. The van der Waals surface area contributed by atoms with E-state index in [2.05, 4.69) is 36.5 Å². The van der Waals surface area contributed by atoms with Crippen LogP contribution in [0.2, 0.25) is 10.0 Å². The van der Waals surface area contributed by atoms with Crippen LogP contribution in [0.1, 0.15) is 22.3 Å². The van der Waals surface area contributed by atoms with E-state index in [1.54, 1.807) is 19.2 Å². The van der Waals surface area contributed by atoms with Crippen molar-refractivity contribution in [1.82, 2.24) is 5.32 Å². The van der Waals surface area contributed by atoms with Gasteiger partial charge >= 0.3 is 0 Å². The van der Waals surface area contributed by atoms with Crippen LogP contribution < -0.4 is 14.8 Å². The van der Waals surface area contributed by atoms with Crippen molar-refractivity contribution in [3.05, 3.63) is 93.0 Å². The van der Waals surface area contributed by atoms with Gasteiger partial charge in [0.05, 0.1) is 7.11 Å². The van der Waals surface area contributed by atoms with E-state index < -0.39 is 0 Å². The van der Waals surface area contributed by atoms with Crippen LogP contribution in [-0.4, -0.2) is 7.11 Å². The van der Waals surface area contributed by atoms with Crippen molar-refractivity contribution in [1.29, 1.82) is 0 Å². The molecule has 29 heavy (non-hydrogen) atoms. The first-order valence-corrected chi connectivity index (χ1v) is 9.80. The van der Waals surface area contributed by atoms with Crippen LogP contribution >= 0.6 is 35.6 Å². The van der Waals surface area contributed by atoms with Gasteiger partial charge in [-0.3, -0.25) is 0 Å². The molecule has 0 heterocycles. The highest BCUT2D eigenvalue weighted by Gasteiger charge is 2.08. The Morgan fingerprint density at radius 3 is 2.21 bits per heavy atom. The minimum atomic E-state index is 0. The minimum absolute atomic E-state index is 0. The van der Waals surface area contributed by atoms with E-state index in [0.29, 0.717) is 28.2 Å². The molecule has 154 valence electrons. The number of benzene rings is 3. The van der Waals surface area contributed by atoms with Gasteiger partial charge in [0.15, 0.2) is 11.5 Å². The molecule has 0 unspecified atom stereocenters. The van der Waals surface area contributed by atoms with Crippen molar-refractivity contribution in [3.8, 4) is 11.5 Å². The van der Waals surface area contributed by atoms with E-state index in [0.717, 1.165) is 24.2 Å². The molecule has 3 nitrogen and oxygen atoms in total. The summed E-state index contributed by atoms with van der Waals surface area (Å²) < 4.78 is 11.4. The number of ether oxygens (including phenoxy) is 2. The molecule has 3 aromatic carbocycles. The van der Waals surface area contributed by atoms with Crippen molar-refractivity contribution in [3.63, 3.8) is 0 Å². The summed E-state index contributed by atoms with van der Waals surface area (Å²) in [7, 11) is 1.64. The van der Waals surface area contributed by atoms with Gasteiger partial charge in [-0.15, -0.1) is 12.4 Å². The highest BCUT2D eigenvalue weighted by atomic mass is 35.5. The van der Waals surface area contributed by atoms with Gasteiger partial charge < -0.3 is 14.8 Å². The van der Waals surface area contributed by atoms with Crippen LogP contribution in [0.25, 0.3) is 0 Å². The van der Waals surface area contributed by atoms with Crippen molar-refractivity contribution < 1.29 is 9.47 Å². The van der Waals surface area contributed by atoms with E-state index in [1.165, 1.54) is 11.1 Å². The summed E-state index contributed by atoms with van der Waals surface area (Å²) in [5.41, 5.74) is 4.53. The maximum absolute atomic E-state index is 6.21. The lowest BCUT2D eigenvalue weighted by atomic mass is 10.1. The molecule has 0 spiro atoms. The lowest BCUT2D eigenvalue weighted by Gasteiger charge is -2.13. The molecule has 6 heteroatoms. The largest absolute Gasteiger partial charge is 0.493 e. The first-order chi connectivity index (χ1) is 13.5. The third-order valence-electron chi connectivity index (χ3n) is 4.41. The zero-order chi connectivity index (χ0) is 19.9. The van der Waals surface area contributed by atoms with E-state index >= 15 is 0 Å². The predicted octanol–water partition coefficient (Wildman–Crippen LogP) is 6.60. The zero-order valence-corrected chi connectivity index (χ0v) is 18.7. The van der Waals surface area contributed by atoms with E-state index in [-0.39, 0.29) is 12.4 Å². The second-order valence-electron chi connectivity index (χ2n) is 6.60. The minimum Gasteiger partial charge on any atom is -0.493 e. The average molecular weight is 453 g/mol. The van der Waals surface area contributed by atoms with Crippen molar-refractivity contribution in [2.75, 3.05) is 7.11 Å². The van der Waals surface area contributed by atoms with Crippen LogP contribution in [0.4, 0.5) is 0 Å². The Kier molecular flexibility index (Phi) is 9.12. The van der Waals surface area contributed by atoms with E-state index in [9.17, 15) is 0 Å². The molecule has 0 amide bonds. The Bertz CT molecular complexity index is 930. The molecule has 0 saturated heterocycles. The summed E-state index contributed by atoms with van der Waals surface area (Å²) in [5.74, 6) is 1.37. The predicted molar refractivity (Wildman–Crippen MR) is 123 cm³/mol. The van der Waals surface area contributed by atoms with Gasteiger partial charge in [-0.25, -0.2) is 0 Å². The zero-order valence-electron chi connectivity index (χ0n) is 16.4. The summed E-state index contributed by atoms with van der Waals surface area (Å²) in [5, 5.41) is 4.64. The number of hydrogen-bond acceptors (Lipinski definition) is 3.